The molecule has 0 nitrogen and oxygen atoms in total. The lowest BCUT2D eigenvalue weighted by Crippen LogP contribution is -1.82. The molecule has 1 heteroatoms. The molecule has 0 amide bonds. The van der Waals surface area contributed by atoms with Crippen LogP contribution in [0.1, 0.15) is 11.1 Å². The van der Waals surface area contributed by atoms with E-state index in [0.717, 1.165) is 11.1 Å². The first kappa shape index (κ1) is 10.4. The third-order valence-electron chi connectivity index (χ3n) is 2.21. The number of halogens is 1. The first-order valence-corrected chi connectivity index (χ1v) is 5.13. The van der Waals surface area contributed by atoms with Gasteiger partial charge in [0.25, 0.3) is 0 Å². The van der Waals surface area contributed by atoms with E-state index < -0.39 is 0 Å². The number of benzene rings is 2. The van der Waals surface area contributed by atoms with Crippen molar-refractivity contribution in [1.29, 1.82) is 0 Å². The topological polar surface area (TPSA) is 0 Å². The van der Waals surface area contributed by atoms with Crippen LogP contribution < -0.4 is 0 Å². The molecule has 78 valence electrons. The smallest absolute Gasteiger partial charge is 0.123 e. The molecule has 0 radical (unpaired) electrons. The van der Waals surface area contributed by atoms with Crippen LogP contribution in [0.4, 0.5) is 4.39 Å². The van der Waals surface area contributed by atoms with E-state index in [1.165, 1.54) is 12.1 Å². The quantitative estimate of drug-likeness (QED) is 0.633. The molecule has 0 heterocycles. The Bertz CT molecular complexity index is 501. The van der Waals surface area contributed by atoms with Crippen LogP contribution in [0.5, 0.6) is 0 Å². The standard InChI is InChI=1S/C15H11F/c16-15-11-9-14(10-12-15)8-4-7-13-5-2-1-3-6-13/h1-3,5-6,9-12H,8H2. The zero-order valence-corrected chi connectivity index (χ0v) is 8.78. The first-order valence-electron chi connectivity index (χ1n) is 5.13. The van der Waals surface area contributed by atoms with Crippen molar-refractivity contribution in [2.45, 2.75) is 6.42 Å². The molecule has 0 saturated carbocycles. The highest BCUT2D eigenvalue weighted by Crippen LogP contribution is 2.03. The van der Waals surface area contributed by atoms with Crippen LogP contribution in [0.15, 0.2) is 54.6 Å². The van der Waals surface area contributed by atoms with Gasteiger partial charge in [-0.15, -0.1) is 0 Å². The van der Waals surface area contributed by atoms with Crippen LogP contribution in [0, 0.1) is 17.7 Å². The van der Waals surface area contributed by atoms with Gasteiger partial charge < -0.3 is 0 Å². The molecule has 0 saturated heterocycles. The SMILES string of the molecule is Fc1ccc(CC#Cc2ccccc2)cc1. The van der Waals surface area contributed by atoms with Gasteiger partial charge in [-0.05, 0) is 29.8 Å². The van der Waals surface area contributed by atoms with Crippen LogP contribution in [0.2, 0.25) is 0 Å². The maximum atomic E-state index is 12.6. The lowest BCUT2D eigenvalue weighted by molar-refractivity contribution is 0.627. The van der Waals surface area contributed by atoms with Crippen LogP contribution >= 0.6 is 0 Å². The Kier molecular flexibility index (Phi) is 3.35. The maximum Gasteiger partial charge on any atom is 0.123 e. The fraction of sp³-hybridized carbons (Fsp3) is 0.0667. The van der Waals surface area contributed by atoms with E-state index in [2.05, 4.69) is 11.8 Å². The summed E-state index contributed by atoms with van der Waals surface area (Å²) < 4.78 is 12.6. The molecule has 0 aliphatic rings. The van der Waals surface area contributed by atoms with E-state index in [4.69, 9.17) is 0 Å². The molecule has 2 aromatic carbocycles. The Hall–Kier alpha value is -2.07. The van der Waals surface area contributed by atoms with Crippen molar-refractivity contribution in [3.63, 3.8) is 0 Å². The molecule has 2 aromatic rings. The van der Waals surface area contributed by atoms with E-state index in [1.807, 2.05) is 30.3 Å². The molecule has 0 unspecified atom stereocenters. The van der Waals surface area contributed by atoms with E-state index in [9.17, 15) is 4.39 Å². The van der Waals surface area contributed by atoms with Crippen molar-refractivity contribution >= 4 is 0 Å². The van der Waals surface area contributed by atoms with Crippen molar-refractivity contribution in [1.82, 2.24) is 0 Å². The Balaban J connectivity index is 2.03. The fourth-order valence-electron chi connectivity index (χ4n) is 1.37. The largest absolute Gasteiger partial charge is 0.207 e. The zero-order chi connectivity index (χ0) is 11.2. The Morgan fingerprint density at radius 2 is 1.56 bits per heavy atom. The van der Waals surface area contributed by atoms with Crippen molar-refractivity contribution in [3.8, 4) is 11.8 Å². The average Bonchev–Trinajstić information content (AvgIpc) is 2.33. The van der Waals surface area contributed by atoms with Gasteiger partial charge in [0, 0.05) is 12.0 Å². The highest BCUT2D eigenvalue weighted by Gasteiger charge is 1.90. The molecule has 0 bridgehead atoms. The summed E-state index contributed by atoms with van der Waals surface area (Å²) >= 11 is 0. The summed E-state index contributed by atoms with van der Waals surface area (Å²) in [5, 5.41) is 0. The minimum Gasteiger partial charge on any atom is -0.207 e. The molecule has 16 heavy (non-hydrogen) atoms. The summed E-state index contributed by atoms with van der Waals surface area (Å²) in [6.45, 7) is 0. The van der Waals surface area contributed by atoms with Crippen LogP contribution in [0.3, 0.4) is 0 Å². The Morgan fingerprint density at radius 3 is 2.25 bits per heavy atom. The predicted octanol–water partition coefficient (Wildman–Crippen LogP) is 3.42. The molecule has 0 atom stereocenters. The van der Waals surface area contributed by atoms with E-state index in [1.54, 1.807) is 12.1 Å². The normalized spacial score (nSPS) is 9.31. The monoisotopic (exact) mass is 210 g/mol. The molecule has 0 aliphatic carbocycles. The van der Waals surface area contributed by atoms with Gasteiger partial charge in [-0.2, -0.15) is 0 Å². The average molecular weight is 210 g/mol. The van der Waals surface area contributed by atoms with E-state index in [0.29, 0.717) is 6.42 Å². The lowest BCUT2D eigenvalue weighted by Gasteiger charge is -1.93. The van der Waals surface area contributed by atoms with Gasteiger partial charge in [-0.25, -0.2) is 4.39 Å². The third-order valence-corrected chi connectivity index (χ3v) is 2.21. The molecule has 0 spiro atoms. The van der Waals surface area contributed by atoms with Gasteiger partial charge in [0.1, 0.15) is 5.82 Å². The van der Waals surface area contributed by atoms with E-state index >= 15 is 0 Å². The van der Waals surface area contributed by atoms with Crippen LogP contribution in [-0.4, -0.2) is 0 Å². The van der Waals surface area contributed by atoms with Gasteiger partial charge >= 0.3 is 0 Å². The summed E-state index contributed by atoms with van der Waals surface area (Å²) in [5.41, 5.74) is 2.04. The molecule has 0 fully saturated rings. The van der Waals surface area contributed by atoms with Crippen molar-refractivity contribution in [3.05, 3.63) is 71.5 Å². The molecule has 2 rings (SSSR count). The zero-order valence-electron chi connectivity index (χ0n) is 8.78. The molecule has 0 aromatic heterocycles. The second-order valence-corrected chi connectivity index (χ2v) is 3.47. The summed E-state index contributed by atoms with van der Waals surface area (Å²) in [7, 11) is 0. The van der Waals surface area contributed by atoms with Crippen molar-refractivity contribution < 1.29 is 4.39 Å². The Morgan fingerprint density at radius 1 is 0.875 bits per heavy atom. The Labute approximate surface area is 94.7 Å². The van der Waals surface area contributed by atoms with Gasteiger partial charge in [0.05, 0.1) is 0 Å². The van der Waals surface area contributed by atoms with Crippen LogP contribution in [0.25, 0.3) is 0 Å². The lowest BCUT2D eigenvalue weighted by atomic mass is 10.1. The highest BCUT2D eigenvalue weighted by molar-refractivity contribution is 5.35. The minimum absolute atomic E-state index is 0.209. The maximum absolute atomic E-state index is 12.6. The third kappa shape index (κ3) is 2.96. The van der Waals surface area contributed by atoms with Gasteiger partial charge in [0.2, 0.25) is 0 Å². The van der Waals surface area contributed by atoms with Crippen molar-refractivity contribution in [2.75, 3.05) is 0 Å². The number of hydrogen-bond donors (Lipinski definition) is 0. The second kappa shape index (κ2) is 5.14. The van der Waals surface area contributed by atoms with Crippen molar-refractivity contribution in [2.24, 2.45) is 0 Å². The summed E-state index contributed by atoms with van der Waals surface area (Å²) in [6, 6.07) is 16.3. The summed E-state index contributed by atoms with van der Waals surface area (Å²) in [6.07, 6.45) is 0.648. The second-order valence-electron chi connectivity index (χ2n) is 3.47. The first-order chi connectivity index (χ1) is 7.84. The summed E-state index contributed by atoms with van der Waals surface area (Å²) in [4.78, 5) is 0. The predicted molar refractivity (Wildman–Crippen MR) is 63.4 cm³/mol. The molecule has 0 N–H and O–H groups in total. The minimum atomic E-state index is -0.209. The van der Waals surface area contributed by atoms with E-state index in [-0.39, 0.29) is 5.82 Å². The number of hydrogen-bond acceptors (Lipinski definition) is 0. The van der Waals surface area contributed by atoms with Gasteiger partial charge in [-0.3, -0.25) is 0 Å². The van der Waals surface area contributed by atoms with Gasteiger partial charge in [-0.1, -0.05) is 42.2 Å². The van der Waals surface area contributed by atoms with Gasteiger partial charge in [0.15, 0.2) is 0 Å². The summed E-state index contributed by atoms with van der Waals surface area (Å²) in [5.74, 6) is 5.92. The number of rotatable bonds is 1. The van der Waals surface area contributed by atoms with Crippen LogP contribution in [-0.2, 0) is 6.42 Å². The fourth-order valence-corrected chi connectivity index (χ4v) is 1.37. The molecular formula is C15H11F. The highest BCUT2D eigenvalue weighted by atomic mass is 19.1. The molecule has 0 aliphatic heterocycles. The molecular weight excluding hydrogens is 199 g/mol.